The maximum absolute atomic E-state index is 9.31. The molecule has 0 bridgehead atoms. The van der Waals surface area contributed by atoms with Gasteiger partial charge in [0.2, 0.25) is 0 Å². The van der Waals surface area contributed by atoms with Crippen LogP contribution in [-0.2, 0) is 18.9 Å². The lowest BCUT2D eigenvalue weighted by Crippen LogP contribution is -2.21. The van der Waals surface area contributed by atoms with Gasteiger partial charge in [-0.25, -0.2) is 0 Å². The molecular formula is C12H24O6. The highest BCUT2D eigenvalue weighted by Gasteiger charge is 2.02. The third-order valence-corrected chi connectivity index (χ3v) is 1.87. The van der Waals surface area contributed by atoms with E-state index in [-0.39, 0.29) is 13.2 Å². The van der Waals surface area contributed by atoms with Crippen LogP contribution in [0.2, 0.25) is 0 Å². The van der Waals surface area contributed by atoms with Crippen molar-refractivity contribution in [3.63, 3.8) is 0 Å². The Morgan fingerprint density at radius 3 is 2.17 bits per heavy atom. The molecule has 0 aromatic carbocycles. The SMILES string of the molecule is C=CCCOC(O)COCCOCCOCCO. The molecule has 1 unspecified atom stereocenters. The zero-order valence-corrected chi connectivity index (χ0v) is 10.8. The lowest BCUT2D eigenvalue weighted by atomic mass is 10.4. The summed E-state index contributed by atoms with van der Waals surface area (Å²) >= 11 is 0. The average Bonchev–Trinajstić information content (AvgIpc) is 2.37. The first-order valence-corrected chi connectivity index (χ1v) is 6.06. The van der Waals surface area contributed by atoms with E-state index in [2.05, 4.69) is 6.58 Å². The van der Waals surface area contributed by atoms with E-state index in [1.165, 1.54) is 0 Å². The van der Waals surface area contributed by atoms with E-state index in [0.29, 0.717) is 46.1 Å². The largest absolute Gasteiger partial charge is 0.394 e. The summed E-state index contributed by atoms with van der Waals surface area (Å²) in [5.74, 6) is 0. The van der Waals surface area contributed by atoms with Crippen LogP contribution in [0.15, 0.2) is 12.7 Å². The van der Waals surface area contributed by atoms with Crippen molar-refractivity contribution in [3.8, 4) is 0 Å². The molecule has 6 heteroatoms. The molecule has 0 fully saturated rings. The zero-order chi connectivity index (χ0) is 13.5. The van der Waals surface area contributed by atoms with Crippen LogP contribution in [0.1, 0.15) is 6.42 Å². The maximum atomic E-state index is 9.31. The Kier molecular flexibility index (Phi) is 14.2. The van der Waals surface area contributed by atoms with E-state index in [1.54, 1.807) is 6.08 Å². The Labute approximate surface area is 108 Å². The first kappa shape index (κ1) is 17.5. The first-order chi connectivity index (χ1) is 8.81. The minimum Gasteiger partial charge on any atom is -0.394 e. The van der Waals surface area contributed by atoms with Crippen LogP contribution in [0.4, 0.5) is 0 Å². The number of aliphatic hydroxyl groups excluding tert-OH is 2. The Morgan fingerprint density at radius 1 is 0.944 bits per heavy atom. The molecule has 6 nitrogen and oxygen atoms in total. The summed E-state index contributed by atoms with van der Waals surface area (Å²) in [6.45, 7) is 6.19. The monoisotopic (exact) mass is 264 g/mol. The molecule has 1 atom stereocenters. The highest BCUT2D eigenvalue weighted by molar-refractivity contribution is 4.64. The maximum Gasteiger partial charge on any atom is 0.178 e. The Balaban J connectivity index is 3.07. The zero-order valence-electron chi connectivity index (χ0n) is 10.8. The van der Waals surface area contributed by atoms with Crippen LogP contribution in [0.5, 0.6) is 0 Å². The second-order valence-electron chi connectivity index (χ2n) is 3.43. The van der Waals surface area contributed by atoms with Crippen molar-refractivity contribution < 1.29 is 29.2 Å². The van der Waals surface area contributed by atoms with E-state index in [4.69, 9.17) is 24.1 Å². The van der Waals surface area contributed by atoms with Gasteiger partial charge in [0.1, 0.15) is 0 Å². The summed E-state index contributed by atoms with van der Waals surface area (Å²) in [5, 5.41) is 17.8. The lowest BCUT2D eigenvalue weighted by molar-refractivity contribution is -0.140. The van der Waals surface area contributed by atoms with Gasteiger partial charge < -0.3 is 29.2 Å². The summed E-state index contributed by atoms with van der Waals surface area (Å²) in [6, 6.07) is 0. The van der Waals surface area contributed by atoms with Gasteiger partial charge in [0, 0.05) is 0 Å². The van der Waals surface area contributed by atoms with Gasteiger partial charge in [-0.1, -0.05) is 6.08 Å². The summed E-state index contributed by atoms with van der Waals surface area (Å²) in [5.41, 5.74) is 0. The molecule has 0 aliphatic heterocycles. The van der Waals surface area contributed by atoms with Crippen LogP contribution >= 0.6 is 0 Å². The average molecular weight is 264 g/mol. The topological polar surface area (TPSA) is 77.4 Å². The van der Waals surface area contributed by atoms with Crippen molar-refractivity contribution in [2.24, 2.45) is 0 Å². The van der Waals surface area contributed by atoms with E-state index >= 15 is 0 Å². The van der Waals surface area contributed by atoms with Crippen molar-refractivity contribution in [2.75, 3.05) is 52.9 Å². The molecule has 0 aromatic heterocycles. The smallest absolute Gasteiger partial charge is 0.178 e. The van der Waals surface area contributed by atoms with Crippen LogP contribution in [0.3, 0.4) is 0 Å². The fourth-order valence-corrected chi connectivity index (χ4v) is 1.02. The molecule has 2 N–H and O–H groups in total. The van der Waals surface area contributed by atoms with Gasteiger partial charge >= 0.3 is 0 Å². The Morgan fingerprint density at radius 2 is 1.56 bits per heavy atom. The third kappa shape index (κ3) is 13.6. The number of rotatable bonds is 14. The normalized spacial score (nSPS) is 12.6. The summed E-state index contributed by atoms with van der Waals surface area (Å²) in [6.07, 6.45) is 1.52. The van der Waals surface area contributed by atoms with Crippen molar-refractivity contribution >= 4 is 0 Å². The van der Waals surface area contributed by atoms with Crippen molar-refractivity contribution in [2.45, 2.75) is 12.7 Å². The van der Waals surface area contributed by atoms with Gasteiger partial charge in [-0.15, -0.1) is 6.58 Å². The molecule has 0 spiro atoms. The molecule has 0 heterocycles. The fourth-order valence-electron chi connectivity index (χ4n) is 1.02. The van der Waals surface area contributed by atoms with Gasteiger partial charge in [-0.05, 0) is 6.42 Å². The second kappa shape index (κ2) is 14.6. The molecular weight excluding hydrogens is 240 g/mol. The van der Waals surface area contributed by atoms with Crippen molar-refractivity contribution in [3.05, 3.63) is 12.7 Å². The molecule has 108 valence electrons. The molecule has 0 aliphatic carbocycles. The molecule has 0 aromatic rings. The van der Waals surface area contributed by atoms with Gasteiger partial charge in [-0.2, -0.15) is 0 Å². The number of aliphatic hydroxyl groups is 2. The molecule has 18 heavy (non-hydrogen) atoms. The van der Waals surface area contributed by atoms with E-state index in [0.717, 1.165) is 0 Å². The summed E-state index contributed by atoms with van der Waals surface area (Å²) in [4.78, 5) is 0. The van der Waals surface area contributed by atoms with Gasteiger partial charge in [-0.3, -0.25) is 0 Å². The summed E-state index contributed by atoms with van der Waals surface area (Å²) < 4.78 is 20.4. The van der Waals surface area contributed by atoms with Crippen LogP contribution in [0.25, 0.3) is 0 Å². The fraction of sp³-hybridized carbons (Fsp3) is 0.833. The predicted octanol–water partition coefficient (Wildman–Crippen LogP) is -0.0604. The van der Waals surface area contributed by atoms with Gasteiger partial charge in [0.05, 0.1) is 52.9 Å². The predicted molar refractivity (Wildman–Crippen MR) is 66.3 cm³/mol. The molecule has 0 rings (SSSR count). The molecule has 0 radical (unpaired) electrons. The summed E-state index contributed by atoms with van der Waals surface area (Å²) in [7, 11) is 0. The minimum atomic E-state index is -0.905. The number of hydrogen-bond donors (Lipinski definition) is 2. The van der Waals surface area contributed by atoms with E-state index < -0.39 is 6.29 Å². The first-order valence-electron chi connectivity index (χ1n) is 6.06. The molecule has 0 amide bonds. The van der Waals surface area contributed by atoms with Crippen LogP contribution in [-0.4, -0.2) is 69.4 Å². The van der Waals surface area contributed by atoms with Crippen molar-refractivity contribution in [1.29, 1.82) is 0 Å². The van der Waals surface area contributed by atoms with Crippen molar-refractivity contribution in [1.82, 2.24) is 0 Å². The quantitative estimate of drug-likeness (QED) is 0.260. The van der Waals surface area contributed by atoms with E-state index in [1.807, 2.05) is 0 Å². The molecule has 0 aliphatic rings. The standard InChI is InChI=1S/C12H24O6/c1-2-3-5-18-12(14)11-17-10-9-16-8-7-15-6-4-13/h2,12-14H,1,3-11H2. The number of hydrogen-bond acceptors (Lipinski definition) is 6. The Bertz CT molecular complexity index is 176. The third-order valence-electron chi connectivity index (χ3n) is 1.87. The molecule has 0 saturated heterocycles. The Hall–Kier alpha value is -0.500. The van der Waals surface area contributed by atoms with Gasteiger partial charge in [0.15, 0.2) is 6.29 Å². The van der Waals surface area contributed by atoms with Gasteiger partial charge in [0.25, 0.3) is 0 Å². The van der Waals surface area contributed by atoms with E-state index in [9.17, 15) is 5.11 Å². The lowest BCUT2D eigenvalue weighted by Gasteiger charge is -2.11. The highest BCUT2D eigenvalue weighted by atomic mass is 16.6. The highest BCUT2D eigenvalue weighted by Crippen LogP contribution is 1.92. The number of ether oxygens (including phenoxy) is 4. The van der Waals surface area contributed by atoms with Crippen LogP contribution < -0.4 is 0 Å². The molecule has 0 saturated carbocycles. The second-order valence-corrected chi connectivity index (χ2v) is 3.43. The minimum absolute atomic E-state index is 0.0207. The van der Waals surface area contributed by atoms with Crippen LogP contribution in [0, 0.1) is 0 Å².